The summed E-state index contributed by atoms with van der Waals surface area (Å²) in [7, 11) is 1.45. The molecule has 2 atom stereocenters. The Labute approximate surface area is 162 Å². The lowest BCUT2D eigenvalue weighted by molar-refractivity contribution is -0.161. The molecule has 0 unspecified atom stereocenters. The number of hydrogen-bond acceptors (Lipinski definition) is 5. The minimum Gasteiger partial charge on any atom is -0.497 e. The molecule has 28 heavy (non-hydrogen) atoms. The van der Waals surface area contributed by atoms with Gasteiger partial charge in [-0.3, -0.25) is 0 Å². The van der Waals surface area contributed by atoms with E-state index in [0.29, 0.717) is 12.7 Å². The van der Waals surface area contributed by atoms with Crippen LogP contribution >= 0.6 is 0 Å². The summed E-state index contributed by atoms with van der Waals surface area (Å²) in [6, 6.07) is 13.6. The molecule has 0 aromatic heterocycles. The summed E-state index contributed by atoms with van der Waals surface area (Å²) in [5.74, 6) is -6.56. The predicted octanol–water partition coefficient (Wildman–Crippen LogP) is 4.22. The Hall–Kier alpha value is -2.96. The molecule has 0 saturated heterocycles. The third kappa shape index (κ3) is 5.28. The lowest BCUT2D eigenvalue weighted by Gasteiger charge is -2.30. The SMILES string of the molecule is CCOC(=O)[C@@H](OC(=O)c1ccccc1)[C@@H](c1ccc(OC)cc1)C(C)(F)F. The van der Waals surface area contributed by atoms with Gasteiger partial charge in [0.05, 0.1) is 25.2 Å². The maximum Gasteiger partial charge on any atom is 0.348 e. The van der Waals surface area contributed by atoms with Gasteiger partial charge in [-0.2, -0.15) is 0 Å². The molecule has 7 heteroatoms. The summed E-state index contributed by atoms with van der Waals surface area (Å²) in [4.78, 5) is 24.9. The number of benzene rings is 2. The van der Waals surface area contributed by atoms with E-state index in [9.17, 15) is 18.4 Å². The highest BCUT2D eigenvalue weighted by molar-refractivity contribution is 5.91. The van der Waals surface area contributed by atoms with Crippen molar-refractivity contribution in [2.75, 3.05) is 13.7 Å². The number of rotatable bonds is 8. The van der Waals surface area contributed by atoms with Crippen molar-refractivity contribution in [1.29, 1.82) is 0 Å². The van der Waals surface area contributed by atoms with Crippen LogP contribution in [0.25, 0.3) is 0 Å². The molecule has 0 aliphatic heterocycles. The molecule has 0 amide bonds. The van der Waals surface area contributed by atoms with Crippen LogP contribution in [-0.2, 0) is 14.3 Å². The van der Waals surface area contributed by atoms with Gasteiger partial charge >= 0.3 is 11.9 Å². The molecule has 150 valence electrons. The van der Waals surface area contributed by atoms with E-state index in [1.165, 1.54) is 43.5 Å². The van der Waals surface area contributed by atoms with E-state index in [0.717, 1.165) is 0 Å². The average Bonchev–Trinajstić information content (AvgIpc) is 2.67. The molecular formula is C21H22F2O5. The van der Waals surface area contributed by atoms with Gasteiger partial charge in [0.15, 0.2) is 0 Å². The maximum atomic E-state index is 14.5. The zero-order valence-electron chi connectivity index (χ0n) is 15.9. The van der Waals surface area contributed by atoms with Crippen LogP contribution in [0.4, 0.5) is 8.78 Å². The van der Waals surface area contributed by atoms with Gasteiger partial charge in [0.25, 0.3) is 5.92 Å². The summed E-state index contributed by atoms with van der Waals surface area (Å²) in [5, 5.41) is 0. The fourth-order valence-corrected chi connectivity index (χ4v) is 2.78. The van der Waals surface area contributed by atoms with Crippen LogP contribution in [0.5, 0.6) is 5.75 Å². The van der Waals surface area contributed by atoms with Crippen molar-refractivity contribution in [3.05, 3.63) is 65.7 Å². The van der Waals surface area contributed by atoms with Gasteiger partial charge in [0.1, 0.15) is 5.75 Å². The molecular weight excluding hydrogens is 370 g/mol. The molecule has 0 saturated carbocycles. The van der Waals surface area contributed by atoms with Crippen LogP contribution in [0.15, 0.2) is 54.6 Å². The van der Waals surface area contributed by atoms with E-state index in [1.807, 2.05) is 0 Å². The highest BCUT2D eigenvalue weighted by Gasteiger charge is 2.47. The molecule has 0 N–H and O–H groups in total. The molecule has 0 bridgehead atoms. The first-order valence-corrected chi connectivity index (χ1v) is 8.72. The highest BCUT2D eigenvalue weighted by atomic mass is 19.3. The molecule has 5 nitrogen and oxygen atoms in total. The van der Waals surface area contributed by atoms with Crippen molar-refractivity contribution in [3.63, 3.8) is 0 Å². The van der Waals surface area contributed by atoms with E-state index < -0.39 is 29.9 Å². The number of halogens is 2. The molecule has 0 spiro atoms. The predicted molar refractivity (Wildman–Crippen MR) is 98.6 cm³/mol. The first-order chi connectivity index (χ1) is 13.3. The third-order valence-electron chi connectivity index (χ3n) is 4.09. The first kappa shape index (κ1) is 21.3. The number of carbonyl (C=O) groups excluding carboxylic acids is 2. The zero-order valence-corrected chi connectivity index (χ0v) is 15.9. The normalized spacial score (nSPS) is 13.3. The van der Waals surface area contributed by atoms with Crippen LogP contribution in [0.3, 0.4) is 0 Å². The summed E-state index contributed by atoms with van der Waals surface area (Å²) in [6.07, 6.45) is -1.82. The fourth-order valence-electron chi connectivity index (χ4n) is 2.78. The standard InChI is InChI=1S/C21H22F2O5/c1-4-27-20(25)18(28-19(24)15-8-6-5-7-9-15)17(21(2,22)23)14-10-12-16(26-3)13-11-14/h5-13,17-18H,4H2,1-3H3/t17-,18+/m1/s1. The van der Waals surface area contributed by atoms with E-state index in [4.69, 9.17) is 14.2 Å². The molecule has 0 heterocycles. The Morgan fingerprint density at radius 1 is 1.04 bits per heavy atom. The first-order valence-electron chi connectivity index (χ1n) is 8.72. The molecule has 0 aliphatic rings. The maximum absolute atomic E-state index is 14.5. The van der Waals surface area contributed by atoms with Crippen LogP contribution < -0.4 is 4.74 Å². The average molecular weight is 392 g/mol. The van der Waals surface area contributed by atoms with Crippen LogP contribution in [-0.4, -0.2) is 37.7 Å². The Balaban J connectivity index is 2.43. The number of ether oxygens (including phenoxy) is 3. The van der Waals surface area contributed by atoms with Gasteiger partial charge in [-0.1, -0.05) is 30.3 Å². The Kier molecular flexibility index (Phi) is 7.09. The van der Waals surface area contributed by atoms with Crippen LogP contribution in [0, 0.1) is 0 Å². The van der Waals surface area contributed by atoms with Crippen molar-refractivity contribution < 1.29 is 32.6 Å². The molecule has 2 rings (SSSR count). The Morgan fingerprint density at radius 2 is 1.64 bits per heavy atom. The zero-order chi connectivity index (χ0) is 20.7. The van der Waals surface area contributed by atoms with Crippen molar-refractivity contribution in [2.24, 2.45) is 0 Å². The van der Waals surface area contributed by atoms with Gasteiger partial charge < -0.3 is 14.2 Å². The molecule has 0 radical (unpaired) electrons. The minimum absolute atomic E-state index is 0.0389. The number of esters is 2. The lowest BCUT2D eigenvalue weighted by Crippen LogP contribution is -2.42. The summed E-state index contributed by atoms with van der Waals surface area (Å²) in [6.45, 7) is 2.17. The third-order valence-corrected chi connectivity index (χ3v) is 4.09. The van der Waals surface area contributed by atoms with Crippen LogP contribution in [0.1, 0.15) is 35.7 Å². The second-order valence-corrected chi connectivity index (χ2v) is 6.15. The summed E-state index contributed by atoms with van der Waals surface area (Å²) >= 11 is 0. The van der Waals surface area contributed by atoms with Crippen molar-refractivity contribution in [2.45, 2.75) is 31.8 Å². The van der Waals surface area contributed by atoms with Crippen molar-refractivity contribution >= 4 is 11.9 Å². The van der Waals surface area contributed by atoms with Crippen LogP contribution in [0.2, 0.25) is 0 Å². The van der Waals surface area contributed by atoms with Crippen molar-refractivity contribution in [1.82, 2.24) is 0 Å². The number of hydrogen-bond donors (Lipinski definition) is 0. The van der Waals surface area contributed by atoms with Gasteiger partial charge in [0, 0.05) is 6.92 Å². The van der Waals surface area contributed by atoms with Gasteiger partial charge in [-0.15, -0.1) is 0 Å². The molecule has 0 fully saturated rings. The van der Waals surface area contributed by atoms with Gasteiger partial charge in [-0.05, 0) is 36.8 Å². The van der Waals surface area contributed by atoms with E-state index in [2.05, 4.69) is 0 Å². The Bertz CT molecular complexity index is 785. The molecule has 2 aromatic rings. The van der Waals surface area contributed by atoms with E-state index in [-0.39, 0.29) is 17.7 Å². The topological polar surface area (TPSA) is 61.8 Å². The Morgan fingerprint density at radius 3 is 2.14 bits per heavy atom. The second kappa shape index (κ2) is 9.30. The monoisotopic (exact) mass is 392 g/mol. The fraction of sp³-hybridized carbons (Fsp3) is 0.333. The molecule has 2 aromatic carbocycles. The smallest absolute Gasteiger partial charge is 0.348 e. The highest BCUT2D eigenvalue weighted by Crippen LogP contribution is 2.38. The van der Waals surface area contributed by atoms with Crippen molar-refractivity contribution in [3.8, 4) is 5.75 Å². The summed E-state index contributed by atoms with van der Waals surface area (Å²) in [5.41, 5.74) is 0.261. The molecule has 0 aliphatic carbocycles. The van der Waals surface area contributed by atoms with Gasteiger partial charge in [-0.25, -0.2) is 18.4 Å². The van der Waals surface area contributed by atoms with E-state index >= 15 is 0 Å². The number of alkyl halides is 2. The number of carbonyl (C=O) groups is 2. The largest absolute Gasteiger partial charge is 0.497 e. The van der Waals surface area contributed by atoms with Gasteiger partial charge in [0.2, 0.25) is 6.10 Å². The second-order valence-electron chi connectivity index (χ2n) is 6.15. The summed E-state index contributed by atoms with van der Waals surface area (Å²) < 4.78 is 44.2. The quantitative estimate of drug-likeness (QED) is 0.630. The van der Waals surface area contributed by atoms with E-state index in [1.54, 1.807) is 25.1 Å². The number of methoxy groups -OCH3 is 1. The lowest BCUT2D eigenvalue weighted by atomic mass is 9.87. The minimum atomic E-state index is -3.37.